The van der Waals surface area contributed by atoms with Crippen molar-refractivity contribution in [3.8, 4) is 0 Å². The fourth-order valence-corrected chi connectivity index (χ4v) is 4.38. The Kier molecular flexibility index (Phi) is 5.02. The SMILES string of the molecule is Cc1ccc(C(=O)N2CCN(C(=O)C3CCCC(N)C3)CC2)s1. The largest absolute Gasteiger partial charge is 0.339 e. The number of carbonyl (C=O) groups is 2. The molecule has 1 aromatic rings. The van der Waals surface area contributed by atoms with Gasteiger partial charge in [0, 0.05) is 43.0 Å². The Morgan fingerprint density at radius 3 is 2.43 bits per heavy atom. The van der Waals surface area contributed by atoms with Crippen LogP contribution in [0.15, 0.2) is 12.1 Å². The maximum atomic E-state index is 12.6. The molecule has 2 aliphatic rings. The van der Waals surface area contributed by atoms with Crippen LogP contribution in [0.4, 0.5) is 0 Å². The Morgan fingerprint density at radius 1 is 1.13 bits per heavy atom. The summed E-state index contributed by atoms with van der Waals surface area (Å²) in [4.78, 5) is 30.8. The van der Waals surface area contributed by atoms with E-state index in [4.69, 9.17) is 5.73 Å². The van der Waals surface area contributed by atoms with Crippen molar-refractivity contribution in [2.24, 2.45) is 11.7 Å². The molecule has 23 heavy (non-hydrogen) atoms. The van der Waals surface area contributed by atoms with E-state index in [-0.39, 0.29) is 23.8 Å². The number of amides is 2. The molecule has 2 unspecified atom stereocenters. The van der Waals surface area contributed by atoms with Gasteiger partial charge in [0.25, 0.3) is 5.91 Å². The highest BCUT2D eigenvalue weighted by molar-refractivity contribution is 7.13. The first-order valence-corrected chi connectivity index (χ1v) is 9.26. The minimum absolute atomic E-state index is 0.0842. The van der Waals surface area contributed by atoms with Gasteiger partial charge in [0.05, 0.1) is 4.88 Å². The lowest BCUT2D eigenvalue weighted by molar-refractivity contribution is -0.138. The maximum Gasteiger partial charge on any atom is 0.264 e. The van der Waals surface area contributed by atoms with E-state index in [2.05, 4.69) is 0 Å². The lowest BCUT2D eigenvalue weighted by Gasteiger charge is -2.37. The average molecular weight is 335 g/mol. The molecule has 0 radical (unpaired) electrons. The number of hydrogen-bond donors (Lipinski definition) is 1. The second-order valence-electron chi connectivity index (χ2n) is 6.65. The van der Waals surface area contributed by atoms with Crippen LogP contribution in [0.1, 0.15) is 40.2 Å². The number of nitrogens with two attached hydrogens (primary N) is 1. The molecule has 1 aliphatic carbocycles. The summed E-state index contributed by atoms with van der Waals surface area (Å²) >= 11 is 1.53. The Balaban J connectivity index is 1.53. The summed E-state index contributed by atoms with van der Waals surface area (Å²) in [6.45, 7) is 4.54. The van der Waals surface area contributed by atoms with Crippen molar-refractivity contribution in [1.82, 2.24) is 9.80 Å². The fraction of sp³-hybridized carbons (Fsp3) is 0.647. The van der Waals surface area contributed by atoms with Gasteiger partial charge in [-0.25, -0.2) is 0 Å². The van der Waals surface area contributed by atoms with E-state index in [0.29, 0.717) is 26.2 Å². The van der Waals surface area contributed by atoms with Crippen LogP contribution in [0.25, 0.3) is 0 Å². The van der Waals surface area contributed by atoms with Crippen LogP contribution in [-0.2, 0) is 4.79 Å². The smallest absolute Gasteiger partial charge is 0.264 e. The maximum absolute atomic E-state index is 12.6. The monoisotopic (exact) mass is 335 g/mol. The van der Waals surface area contributed by atoms with Crippen LogP contribution >= 0.6 is 11.3 Å². The minimum atomic E-state index is 0.0842. The van der Waals surface area contributed by atoms with Crippen molar-refractivity contribution in [2.45, 2.75) is 38.6 Å². The van der Waals surface area contributed by atoms with Crippen molar-refractivity contribution in [1.29, 1.82) is 0 Å². The molecule has 2 heterocycles. The Labute approximate surface area is 141 Å². The summed E-state index contributed by atoms with van der Waals surface area (Å²) < 4.78 is 0. The molecule has 126 valence electrons. The van der Waals surface area contributed by atoms with Gasteiger partial charge in [-0.2, -0.15) is 0 Å². The van der Waals surface area contributed by atoms with E-state index in [1.807, 2.05) is 28.9 Å². The molecule has 2 fully saturated rings. The van der Waals surface area contributed by atoms with Gasteiger partial charge in [0.1, 0.15) is 0 Å². The third-order valence-electron chi connectivity index (χ3n) is 4.89. The summed E-state index contributed by atoms with van der Waals surface area (Å²) in [5, 5.41) is 0. The van der Waals surface area contributed by atoms with E-state index in [1.54, 1.807) is 0 Å². The number of aryl methyl sites for hydroxylation is 1. The molecule has 1 aliphatic heterocycles. The molecule has 5 nitrogen and oxygen atoms in total. The van der Waals surface area contributed by atoms with Crippen LogP contribution in [0.5, 0.6) is 0 Å². The van der Waals surface area contributed by atoms with Crippen LogP contribution in [-0.4, -0.2) is 53.8 Å². The highest BCUT2D eigenvalue weighted by Crippen LogP contribution is 2.25. The van der Waals surface area contributed by atoms with Crippen molar-refractivity contribution >= 4 is 23.2 Å². The van der Waals surface area contributed by atoms with Crippen molar-refractivity contribution < 1.29 is 9.59 Å². The number of carbonyl (C=O) groups excluding carboxylic acids is 2. The Morgan fingerprint density at radius 2 is 1.83 bits per heavy atom. The van der Waals surface area contributed by atoms with E-state index in [9.17, 15) is 9.59 Å². The lowest BCUT2D eigenvalue weighted by Crippen LogP contribution is -2.52. The van der Waals surface area contributed by atoms with Gasteiger partial charge in [0.2, 0.25) is 5.91 Å². The van der Waals surface area contributed by atoms with Gasteiger partial charge in [-0.15, -0.1) is 11.3 Å². The van der Waals surface area contributed by atoms with Crippen molar-refractivity contribution in [2.75, 3.05) is 26.2 Å². The molecule has 6 heteroatoms. The zero-order chi connectivity index (χ0) is 16.4. The number of nitrogens with zero attached hydrogens (tertiary/aromatic N) is 2. The first-order valence-electron chi connectivity index (χ1n) is 8.44. The second-order valence-corrected chi connectivity index (χ2v) is 7.94. The third-order valence-corrected chi connectivity index (χ3v) is 5.88. The zero-order valence-electron chi connectivity index (χ0n) is 13.7. The predicted octanol–water partition coefficient (Wildman–Crippen LogP) is 1.86. The van der Waals surface area contributed by atoms with Gasteiger partial charge >= 0.3 is 0 Å². The molecule has 0 bridgehead atoms. The lowest BCUT2D eigenvalue weighted by atomic mass is 9.85. The minimum Gasteiger partial charge on any atom is -0.339 e. The number of thiophene rings is 1. The van der Waals surface area contributed by atoms with Crippen LogP contribution in [0, 0.1) is 12.8 Å². The average Bonchev–Trinajstić information content (AvgIpc) is 3.00. The second kappa shape index (κ2) is 7.01. The molecule has 1 saturated heterocycles. The number of hydrogen-bond acceptors (Lipinski definition) is 4. The van der Waals surface area contributed by atoms with Crippen LogP contribution in [0.3, 0.4) is 0 Å². The van der Waals surface area contributed by atoms with Crippen molar-refractivity contribution in [3.05, 3.63) is 21.9 Å². The number of rotatable bonds is 2. The first-order chi connectivity index (χ1) is 11.0. The normalized spacial score (nSPS) is 25.5. The van der Waals surface area contributed by atoms with Gasteiger partial charge in [0.15, 0.2) is 0 Å². The molecule has 2 amide bonds. The van der Waals surface area contributed by atoms with E-state index >= 15 is 0 Å². The molecule has 1 aromatic heterocycles. The molecular weight excluding hydrogens is 310 g/mol. The molecule has 0 spiro atoms. The Bertz CT molecular complexity index is 578. The van der Waals surface area contributed by atoms with Crippen LogP contribution < -0.4 is 5.73 Å². The Hall–Kier alpha value is -1.40. The highest BCUT2D eigenvalue weighted by Gasteiger charge is 2.31. The first kappa shape index (κ1) is 16.5. The molecule has 1 saturated carbocycles. The quantitative estimate of drug-likeness (QED) is 0.897. The highest BCUT2D eigenvalue weighted by atomic mass is 32.1. The summed E-state index contributed by atoms with van der Waals surface area (Å²) in [5.41, 5.74) is 6.00. The predicted molar refractivity (Wildman–Crippen MR) is 91.5 cm³/mol. The van der Waals surface area contributed by atoms with Gasteiger partial charge in [-0.05, 0) is 38.3 Å². The zero-order valence-corrected chi connectivity index (χ0v) is 14.5. The molecule has 2 atom stereocenters. The third kappa shape index (κ3) is 3.75. The summed E-state index contributed by atoms with van der Waals surface area (Å²) in [5.74, 6) is 0.412. The molecular formula is C17H25N3O2S. The van der Waals surface area contributed by atoms with Gasteiger partial charge < -0.3 is 15.5 Å². The van der Waals surface area contributed by atoms with Crippen molar-refractivity contribution in [3.63, 3.8) is 0 Å². The summed E-state index contributed by atoms with van der Waals surface area (Å²) in [6.07, 6.45) is 3.85. The summed E-state index contributed by atoms with van der Waals surface area (Å²) in [7, 11) is 0. The van der Waals surface area contributed by atoms with E-state index in [1.165, 1.54) is 11.3 Å². The molecule has 2 N–H and O–H groups in total. The molecule has 3 rings (SSSR count). The number of piperazine rings is 1. The van der Waals surface area contributed by atoms with Gasteiger partial charge in [-0.3, -0.25) is 9.59 Å². The fourth-order valence-electron chi connectivity index (χ4n) is 3.55. The van der Waals surface area contributed by atoms with E-state index in [0.717, 1.165) is 35.4 Å². The molecule has 0 aromatic carbocycles. The summed E-state index contributed by atoms with van der Waals surface area (Å²) in [6, 6.07) is 4.04. The topological polar surface area (TPSA) is 66.6 Å². The van der Waals surface area contributed by atoms with Gasteiger partial charge in [-0.1, -0.05) is 6.42 Å². The van der Waals surface area contributed by atoms with Crippen LogP contribution in [0.2, 0.25) is 0 Å². The van der Waals surface area contributed by atoms with E-state index < -0.39 is 0 Å². The standard InChI is InChI=1S/C17H25N3O2S/c1-12-5-6-15(23-12)17(22)20-9-7-19(8-10-20)16(21)13-3-2-4-14(18)11-13/h5-6,13-14H,2-4,7-11,18H2,1H3.